The van der Waals surface area contributed by atoms with E-state index in [-0.39, 0.29) is 25.7 Å². The quantitative estimate of drug-likeness (QED) is 0.0169. The summed E-state index contributed by atoms with van der Waals surface area (Å²) < 4.78 is 68.1. The summed E-state index contributed by atoms with van der Waals surface area (Å²) in [4.78, 5) is 72.5. The summed E-state index contributed by atoms with van der Waals surface area (Å²) in [7, 11) is -9.96. The molecule has 0 fully saturated rings. The molecule has 0 spiro atoms. The fourth-order valence-corrected chi connectivity index (χ4v) is 10.4. The second-order valence-electron chi connectivity index (χ2n) is 23.1. The van der Waals surface area contributed by atoms with Crippen LogP contribution in [0.3, 0.4) is 0 Å². The summed E-state index contributed by atoms with van der Waals surface area (Å²) >= 11 is 0. The first-order valence-corrected chi connectivity index (χ1v) is 38.1. The zero-order valence-corrected chi connectivity index (χ0v) is 59.0. The number of allylic oxidation sites excluding steroid dienone is 18. The third-order valence-corrected chi connectivity index (χ3v) is 16.1. The van der Waals surface area contributed by atoms with Crippen LogP contribution in [0.5, 0.6) is 0 Å². The normalized spacial score (nSPS) is 14.7. The fraction of sp³-hybridized carbons (Fsp3) is 0.699. The van der Waals surface area contributed by atoms with Crippen molar-refractivity contribution < 1.29 is 80.2 Å². The van der Waals surface area contributed by atoms with Gasteiger partial charge in [-0.3, -0.25) is 37.3 Å². The van der Waals surface area contributed by atoms with Gasteiger partial charge in [0.2, 0.25) is 0 Å². The summed E-state index contributed by atoms with van der Waals surface area (Å²) in [6.45, 7) is 4.48. The van der Waals surface area contributed by atoms with E-state index >= 15 is 0 Å². The molecule has 0 aliphatic heterocycles. The largest absolute Gasteiger partial charge is 0.472 e. The van der Waals surface area contributed by atoms with Crippen LogP contribution in [0.15, 0.2) is 109 Å². The molecule has 0 rings (SSSR count). The van der Waals surface area contributed by atoms with E-state index < -0.39 is 97.5 Å². The van der Waals surface area contributed by atoms with E-state index in [2.05, 4.69) is 125 Å². The number of aliphatic hydroxyl groups excluding tert-OH is 1. The number of carbonyl (C=O) groups is 4. The maximum atomic E-state index is 13.0. The van der Waals surface area contributed by atoms with Crippen LogP contribution in [0, 0.1) is 0 Å². The highest BCUT2D eigenvalue weighted by molar-refractivity contribution is 7.47. The Morgan fingerprint density at radius 1 is 0.315 bits per heavy atom. The lowest BCUT2D eigenvalue weighted by Gasteiger charge is -2.21. The third kappa shape index (κ3) is 64.4. The molecular weight excluding hydrogens is 1210 g/mol. The molecule has 528 valence electrons. The number of phosphoric acid groups is 2. The van der Waals surface area contributed by atoms with Gasteiger partial charge in [0.25, 0.3) is 0 Å². The molecule has 0 aromatic heterocycles. The van der Waals surface area contributed by atoms with Gasteiger partial charge in [-0.15, -0.1) is 0 Å². The van der Waals surface area contributed by atoms with Crippen LogP contribution in [0.1, 0.15) is 272 Å². The number of rotatable bonds is 65. The Bertz CT molecular complexity index is 2180. The van der Waals surface area contributed by atoms with Gasteiger partial charge in [-0.1, -0.05) is 227 Å². The maximum absolute atomic E-state index is 13.0. The second kappa shape index (κ2) is 65.4. The van der Waals surface area contributed by atoms with Gasteiger partial charge in [0.15, 0.2) is 12.2 Å². The Morgan fingerprint density at radius 2 is 0.598 bits per heavy atom. The van der Waals surface area contributed by atoms with Crippen LogP contribution in [-0.4, -0.2) is 96.7 Å². The van der Waals surface area contributed by atoms with Crippen molar-refractivity contribution >= 4 is 39.5 Å². The van der Waals surface area contributed by atoms with Crippen molar-refractivity contribution in [3.63, 3.8) is 0 Å². The van der Waals surface area contributed by atoms with Crippen LogP contribution >= 0.6 is 15.6 Å². The molecule has 92 heavy (non-hydrogen) atoms. The van der Waals surface area contributed by atoms with Crippen molar-refractivity contribution in [2.24, 2.45) is 0 Å². The van der Waals surface area contributed by atoms with Gasteiger partial charge >= 0.3 is 39.5 Å². The molecule has 0 amide bonds. The number of carbonyl (C=O) groups excluding carboxylic acids is 4. The van der Waals surface area contributed by atoms with Crippen molar-refractivity contribution in [1.29, 1.82) is 0 Å². The minimum absolute atomic E-state index is 0.0704. The SMILES string of the molecule is CC/C=C\C/C=C\C/C=C\C/C=C\C/C=C\CCCC(=O)OCC(COP(=O)(O)OCC(O)COP(=O)(O)OCC(COC(=O)CCCCCCC/C=C\C/C=C\CCC)OC(=O)CCCCCCC/C=C\CCCC)OC(=O)CCCCCCC/C=C\CCCC. The highest BCUT2D eigenvalue weighted by atomic mass is 31.2. The summed E-state index contributed by atoms with van der Waals surface area (Å²) in [6.07, 6.45) is 66.9. The first-order valence-electron chi connectivity index (χ1n) is 35.1. The zero-order valence-electron chi connectivity index (χ0n) is 57.2. The number of hydrogen-bond acceptors (Lipinski definition) is 15. The Labute approximate surface area is 556 Å². The molecule has 5 unspecified atom stereocenters. The minimum atomic E-state index is -4.98. The highest BCUT2D eigenvalue weighted by Crippen LogP contribution is 2.45. The average molecular weight is 1340 g/mol. The van der Waals surface area contributed by atoms with Crippen LogP contribution < -0.4 is 0 Å². The topological polar surface area (TPSA) is 237 Å². The molecule has 17 nitrogen and oxygen atoms in total. The van der Waals surface area contributed by atoms with Gasteiger partial charge in [0.1, 0.15) is 19.3 Å². The lowest BCUT2D eigenvalue weighted by atomic mass is 10.1. The maximum Gasteiger partial charge on any atom is 0.472 e. The summed E-state index contributed by atoms with van der Waals surface area (Å²) in [5.74, 6) is -2.28. The lowest BCUT2D eigenvalue weighted by molar-refractivity contribution is -0.161. The van der Waals surface area contributed by atoms with Crippen molar-refractivity contribution in [3.05, 3.63) is 109 Å². The number of ether oxygens (including phenoxy) is 4. The van der Waals surface area contributed by atoms with Crippen LogP contribution in [0.25, 0.3) is 0 Å². The molecule has 0 saturated carbocycles. The average Bonchev–Trinajstić information content (AvgIpc) is 2.31. The summed E-state index contributed by atoms with van der Waals surface area (Å²) in [5, 5.41) is 10.6. The van der Waals surface area contributed by atoms with Crippen LogP contribution in [0.4, 0.5) is 0 Å². The van der Waals surface area contributed by atoms with Crippen LogP contribution in [0.2, 0.25) is 0 Å². The van der Waals surface area contributed by atoms with E-state index in [0.717, 1.165) is 161 Å². The molecule has 0 saturated heterocycles. The second-order valence-corrected chi connectivity index (χ2v) is 26.0. The van der Waals surface area contributed by atoms with E-state index in [1.54, 1.807) is 0 Å². The van der Waals surface area contributed by atoms with E-state index in [9.17, 15) is 43.2 Å². The molecule has 19 heteroatoms. The predicted octanol–water partition coefficient (Wildman–Crippen LogP) is 19.4. The van der Waals surface area contributed by atoms with Crippen molar-refractivity contribution in [1.82, 2.24) is 0 Å². The number of aliphatic hydroxyl groups is 1. The molecule has 0 bridgehead atoms. The Hall–Kier alpha value is -4.28. The fourth-order valence-electron chi connectivity index (χ4n) is 8.78. The smallest absolute Gasteiger partial charge is 0.462 e. The summed E-state index contributed by atoms with van der Waals surface area (Å²) in [5.41, 5.74) is 0. The molecule has 5 atom stereocenters. The molecule has 0 aliphatic rings. The third-order valence-electron chi connectivity index (χ3n) is 14.2. The number of unbranched alkanes of at least 4 members (excludes halogenated alkanes) is 21. The predicted molar refractivity (Wildman–Crippen MR) is 372 cm³/mol. The number of hydrogen-bond donors (Lipinski definition) is 3. The van der Waals surface area contributed by atoms with Gasteiger partial charge in [-0.2, -0.15) is 0 Å². The van der Waals surface area contributed by atoms with Gasteiger partial charge in [0.05, 0.1) is 26.4 Å². The first kappa shape index (κ1) is 87.7. The Kier molecular flexibility index (Phi) is 62.3. The molecule has 0 radical (unpaired) electrons. The van der Waals surface area contributed by atoms with Gasteiger partial charge in [0, 0.05) is 25.7 Å². The molecule has 0 heterocycles. The van der Waals surface area contributed by atoms with Crippen molar-refractivity contribution in [3.8, 4) is 0 Å². The molecule has 0 aromatic rings. The molecule has 0 aliphatic carbocycles. The monoisotopic (exact) mass is 1330 g/mol. The van der Waals surface area contributed by atoms with E-state index in [1.165, 1.54) is 25.7 Å². The van der Waals surface area contributed by atoms with Crippen molar-refractivity contribution in [2.75, 3.05) is 39.6 Å². The Balaban J connectivity index is 5.36. The highest BCUT2D eigenvalue weighted by Gasteiger charge is 2.30. The summed E-state index contributed by atoms with van der Waals surface area (Å²) in [6, 6.07) is 0. The molecule has 0 aromatic carbocycles. The minimum Gasteiger partial charge on any atom is -0.462 e. The molecular formula is C73H124O17P2. The number of phosphoric ester groups is 2. The first-order chi connectivity index (χ1) is 44.7. The van der Waals surface area contributed by atoms with E-state index in [4.69, 9.17) is 37.0 Å². The van der Waals surface area contributed by atoms with E-state index in [0.29, 0.717) is 32.1 Å². The van der Waals surface area contributed by atoms with Crippen molar-refractivity contribution in [2.45, 2.75) is 290 Å². The lowest BCUT2D eigenvalue weighted by Crippen LogP contribution is -2.30. The Morgan fingerprint density at radius 3 is 0.967 bits per heavy atom. The van der Waals surface area contributed by atoms with Crippen LogP contribution in [-0.2, 0) is 65.4 Å². The standard InChI is InChI=1S/C73H124O17P2/c1-5-9-13-17-21-25-29-31-32-33-34-36-40-42-46-50-54-58-71(76)84-64-69(90-73(78)60-56-52-48-44-38-28-24-20-16-12-8-4)66-88-92(81,82)86-62-67(74)61-85-91(79,80)87-65-68(89-72(77)59-55-51-47-43-37-27-23-19-15-11-7-3)63-83-70(75)57-53-49-45-41-39-35-30-26-22-18-14-10-6-2/h9,13-14,18-21,23-26,30-32,34,36,42,46,67-69,74H,5-8,10-12,15-17,22,27-29,33,35,37-41,43-45,47-66H2,1-4H3,(H,79,80)(H,81,82)/b13-9-,18-14-,23-19-,24-20-,25-21-,30-26-,32-31-,36-34-,46-42-. The van der Waals surface area contributed by atoms with Gasteiger partial charge < -0.3 is 33.8 Å². The van der Waals surface area contributed by atoms with Gasteiger partial charge in [-0.25, -0.2) is 9.13 Å². The molecule has 3 N–H and O–H groups in total. The zero-order chi connectivity index (χ0) is 67.5. The van der Waals surface area contributed by atoms with E-state index in [1.807, 2.05) is 12.2 Å². The van der Waals surface area contributed by atoms with Gasteiger partial charge in [-0.05, 0) is 128 Å². The number of esters is 4.